The zero-order valence-corrected chi connectivity index (χ0v) is 12.0. The quantitative estimate of drug-likeness (QED) is 0.745. The van der Waals surface area contributed by atoms with Gasteiger partial charge in [0.15, 0.2) is 11.5 Å². The van der Waals surface area contributed by atoms with Gasteiger partial charge in [-0.2, -0.15) is 0 Å². The highest BCUT2D eigenvalue weighted by atomic mass is 32.1. The van der Waals surface area contributed by atoms with Gasteiger partial charge in [-0.3, -0.25) is 4.79 Å². The number of benzene rings is 2. The second-order valence-electron chi connectivity index (χ2n) is 4.62. The molecule has 0 atom stereocenters. The molecule has 1 N–H and O–H groups in total. The van der Waals surface area contributed by atoms with Gasteiger partial charge in [-0.25, -0.2) is 9.78 Å². The molecular weight excluding hydrogens is 286 g/mol. The third-order valence-electron chi connectivity index (χ3n) is 3.15. The zero-order chi connectivity index (χ0) is 15.0. The number of nitrogens with zero attached hydrogens (tertiary/aromatic N) is 1. The van der Waals surface area contributed by atoms with Crippen LogP contribution < -0.4 is 0 Å². The lowest BCUT2D eigenvalue weighted by Gasteiger charge is -2.00. The van der Waals surface area contributed by atoms with Crippen molar-refractivity contribution in [3.8, 4) is 10.6 Å². The van der Waals surface area contributed by atoms with Gasteiger partial charge in [0.1, 0.15) is 9.88 Å². The predicted molar refractivity (Wildman–Crippen MR) is 82.0 cm³/mol. The first-order valence-corrected chi connectivity index (χ1v) is 7.12. The minimum Gasteiger partial charge on any atom is -0.476 e. The summed E-state index contributed by atoms with van der Waals surface area (Å²) in [4.78, 5) is 27.0. The molecule has 4 nitrogen and oxygen atoms in total. The van der Waals surface area contributed by atoms with Crippen molar-refractivity contribution in [3.05, 3.63) is 53.0 Å². The van der Waals surface area contributed by atoms with Crippen LogP contribution in [0.25, 0.3) is 21.3 Å². The van der Waals surface area contributed by atoms with Gasteiger partial charge in [0.05, 0.1) is 0 Å². The van der Waals surface area contributed by atoms with Gasteiger partial charge in [0.25, 0.3) is 0 Å². The van der Waals surface area contributed by atoms with Gasteiger partial charge in [-0.15, -0.1) is 11.3 Å². The average molecular weight is 297 g/mol. The summed E-state index contributed by atoms with van der Waals surface area (Å²) < 4.78 is 0. The van der Waals surface area contributed by atoms with E-state index in [1.54, 1.807) is 0 Å². The molecule has 5 heteroatoms. The lowest BCUT2D eigenvalue weighted by molar-refractivity contribution is 0.0687. The molecule has 0 amide bonds. The third kappa shape index (κ3) is 2.43. The van der Waals surface area contributed by atoms with E-state index in [9.17, 15) is 9.59 Å². The summed E-state index contributed by atoms with van der Waals surface area (Å²) >= 11 is 1.12. The van der Waals surface area contributed by atoms with Crippen molar-refractivity contribution in [2.45, 2.75) is 6.92 Å². The molecule has 2 aromatic carbocycles. The highest BCUT2D eigenvalue weighted by molar-refractivity contribution is 7.17. The van der Waals surface area contributed by atoms with Crippen LogP contribution >= 0.6 is 11.3 Å². The van der Waals surface area contributed by atoms with E-state index in [1.807, 2.05) is 42.5 Å². The summed E-state index contributed by atoms with van der Waals surface area (Å²) in [6, 6.07) is 13.7. The maximum atomic E-state index is 11.5. The summed E-state index contributed by atoms with van der Waals surface area (Å²) in [6.45, 7) is 1.35. The molecule has 0 aliphatic rings. The largest absolute Gasteiger partial charge is 0.476 e. The van der Waals surface area contributed by atoms with Crippen LogP contribution in [0.2, 0.25) is 0 Å². The first-order chi connectivity index (χ1) is 10.1. The van der Waals surface area contributed by atoms with Crippen LogP contribution in [0.5, 0.6) is 0 Å². The molecular formula is C16H11NO3S. The maximum Gasteiger partial charge on any atom is 0.356 e. The van der Waals surface area contributed by atoms with Crippen molar-refractivity contribution >= 4 is 33.9 Å². The van der Waals surface area contributed by atoms with Crippen molar-refractivity contribution in [2.24, 2.45) is 0 Å². The minimum absolute atomic E-state index is 0.171. The number of ketones is 1. The van der Waals surface area contributed by atoms with Crippen molar-refractivity contribution in [2.75, 3.05) is 0 Å². The van der Waals surface area contributed by atoms with Gasteiger partial charge in [0, 0.05) is 12.5 Å². The molecule has 0 bridgehead atoms. The molecule has 0 saturated heterocycles. The molecule has 1 aromatic heterocycles. The van der Waals surface area contributed by atoms with E-state index in [4.69, 9.17) is 5.11 Å². The van der Waals surface area contributed by atoms with Crippen molar-refractivity contribution in [1.82, 2.24) is 4.98 Å². The van der Waals surface area contributed by atoms with Crippen LogP contribution in [0.3, 0.4) is 0 Å². The normalized spacial score (nSPS) is 10.7. The Morgan fingerprint density at radius 1 is 1.10 bits per heavy atom. The van der Waals surface area contributed by atoms with E-state index < -0.39 is 5.97 Å². The molecule has 0 saturated carbocycles. The summed E-state index contributed by atoms with van der Waals surface area (Å²) in [6.07, 6.45) is 0. The Kier molecular flexibility index (Phi) is 3.27. The predicted octanol–water partition coefficient (Wildman–Crippen LogP) is 3.86. The molecule has 0 aliphatic carbocycles. The van der Waals surface area contributed by atoms with Crippen molar-refractivity contribution < 1.29 is 14.7 Å². The molecule has 3 rings (SSSR count). The van der Waals surface area contributed by atoms with E-state index in [0.717, 1.165) is 27.7 Å². The van der Waals surface area contributed by atoms with Gasteiger partial charge in [-0.1, -0.05) is 36.4 Å². The first kappa shape index (κ1) is 13.5. The molecule has 0 aliphatic heterocycles. The van der Waals surface area contributed by atoms with Crippen LogP contribution in [-0.2, 0) is 0 Å². The number of hydrogen-bond acceptors (Lipinski definition) is 4. The Labute approximate surface area is 124 Å². The van der Waals surface area contributed by atoms with Gasteiger partial charge in [-0.05, 0) is 16.8 Å². The highest BCUT2D eigenvalue weighted by Gasteiger charge is 2.21. The van der Waals surface area contributed by atoms with E-state index in [1.165, 1.54) is 6.92 Å². The number of thiazole rings is 1. The number of aromatic carboxylic acids is 1. The number of carbonyl (C=O) groups excluding carboxylic acids is 1. The Morgan fingerprint density at radius 2 is 1.81 bits per heavy atom. The topological polar surface area (TPSA) is 67.3 Å². The van der Waals surface area contributed by atoms with E-state index in [2.05, 4.69) is 4.98 Å². The first-order valence-electron chi connectivity index (χ1n) is 6.30. The molecule has 0 radical (unpaired) electrons. The number of rotatable bonds is 3. The number of aromatic nitrogens is 1. The lowest BCUT2D eigenvalue weighted by Crippen LogP contribution is -2.03. The van der Waals surface area contributed by atoms with Crippen LogP contribution in [-0.4, -0.2) is 21.8 Å². The number of hydrogen-bond donors (Lipinski definition) is 1. The van der Waals surface area contributed by atoms with E-state index in [0.29, 0.717) is 5.01 Å². The fourth-order valence-electron chi connectivity index (χ4n) is 2.15. The Balaban J connectivity index is 2.16. The fraction of sp³-hybridized carbons (Fsp3) is 0.0625. The Bertz CT molecular complexity index is 835. The molecule has 21 heavy (non-hydrogen) atoms. The van der Waals surface area contributed by atoms with E-state index >= 15 is 0 Å². The maximum absolute atomic E-state index is 11.5. The molecule has 0 unspecified atom stereocenters. The number of Topliss-reactive ketones (excluding diaryl/α,β-unsaturated/α-hetero) is 1. The standard InChI is InChI=1S/C16H11NO3S/c1-9(18)14-13(16(19)20)17-15(21-14)12-7-6-10-4-2-3-5-11(10)8-12/h2-8H,1H3,(H,19,20). The second kappa shape index (κ2) is 5.10. The summed E-state index contributed by atoms with van der Waals surface area (Å²) in [5.74, 6) is -1.46. The molecule has 0 fully saturated rings. The molecule has 3 aromatic rings. The van der Waals surface area contributed by atoms with Gasteiger partial charge < -0.3 is 5.11 Å². The number of carboxylic acids is 1. The highest BCUT2D eigenvalue weighted by Crippen LogP contribution is 2.30. The van der Waals surface area contributed by atoms with Gasteiger partial charge >= 0.3 is 5.97 Å². The smallest absolute Gasteiger partial charge is 0.356 e. The van der Waals surface area contributed by atoms with Crippen molar-refractivity contribution in [3.63, 3.8) is 0 Å². The van der Waals surface area contributed by atoms with Crippen LogP contribution in [0, 0.1) is 0 Å². The van der Waals surface area contributed by atoms with E-state index in [-0.39, 0.29) is 16.4 Å². The average Bonchev–Trinajstić information content (AvgIpc) is 2.92. The molecule has 104 valence electrons. The number of fused-ring (bicyclic) bond motifs is 1. The third-order valence-corrected chi connectivity index (χ3v) is 4.35. The zero-order valence-electron chi connectivity index (χ0n) is 11.2. The van der Waals surface area contributed by atoms with Crippen molar-refractivity contribution in [1.29, 1.82) is 0 Å². The number of carboxylic acid groups (broad SMARTS) is 1. The van der Waals surface area contributed by atoms with Crippen LogP contribution in [0.15, 0.2) is 42.5 Å². The number of carbonyl (C=O) groups is 2. The summed E-state index contributed by atoms with van der Waals surface area (Å²) in [5.41, 5.74) is 0.643. The lowest BCUT2D eigenvalue weighted by atomic mass is 10.1. The SMILES string of the molecule is CC(=O)c1sc(-c2ccc3ccccc3c2)nc1C(=O)O. The second-order valence-corrected chi connectivity index (χ2v) is 5.62. The van der Waals surface area contributed by atoms with Crippen LogP contribution in [0.4, 0.5) is 0 Å². The Morgan fingerprint density at radius 3 is 2.43 bits per heavy atom. The summed E-state index contributed by atoms with van der Waals surface area (Å²) in [7, 11) is 0. The molecule has 0 spiro atoms. The molecule has 1 heterocycles. The Hall–Kier alpha value is -2.53. The monoisotopic (exact) mass is 297 g/mol. The minimum atomic E-state index is -1.18. The fourth-order valence-corrected chi connectivity index (χ4v) is 3.10. The summed E-state index contributed by atoms with van der Waals surface area (Å²) in [5, 5.41) is 11.8. The van der Waals surface area contributed by atoms with Gasteiger partial charge in [0.2, 0.25) is 0 Å². The van der Waals surface area contributed by atoms with Crippen LogP contribution in [0.1, 0.15) is 27.1 Å².